The molecule has 2 amide bonds. The minimum Gasteiger partial charge on any atom is -0.494 e. The van der Waals surface area contributed by atoms with E-state index in [-0.39, 0.29) is 23.4 Å². The largest absolute Gasteiger partial charge is 0.494 e. The predicted octanol–water partition coefficient (Wildman–Crippen LogP) is 6.81. The van der Waals surface area contributed by atoms with Crippen molar-refractivity contribution in [1.82, 2.24) is 19.9 Å². The van der Waals surface area contributed by atoms with E-state index in [4.69, 9.17) is 19.2 Å². The molecule has 0 spiro atoms. The summed E-state index contributed by atoms with van der Waals surface area (Å²) >= 11 is 0. The monoisotopic (exact) mass is 681 g/mol. The van der Waals surface area contributed by atoms with Gasteiger partial charge in [-0.1, -0.05) is 30.3 Å². The molecule has 0 bridgehead atoms. The zero-order chi connectivity index (χ0) is 35.4. The van der Waals surface area contributed by atoms with E-state index in [1.165, 1.54) is 18.3 Å². The van der Waals surface area contributed by atoms with Gasteiger partial charge in [0.25, 0.3) is 0 Å². The number of hydrogen-bond donors (Lipinski definition) is 3. The highest BCUT2D eigenvalue weighted by atomic mass is 19.1. The van der Waals surface area contributed by atoms with Crippen LogP contribution in [0.2, 0.25) is 0 Å². The zero-order valence-corrected chi connectivity index (χ0v) is 28.6. The van der Waals surface area contributed by atoms with Crippen molar-refractivity contribution in [2.75, 3.05) is 48.9 Å². The molecule has 1 saturated heterocycles. The van der Waals surface area contributed by atoms with Crippen molar-refractivity contribution in [2.24, 2.45) is 7.05 Å². The number of morpholine rings is 1. The number of amides is 2. The second-order valence-electron chi connectivity index (χ2n) is 12.2. The lowest BCUT2D eigenvalue weighted by Crippen LogP contribution is -2.37. The van der Waals surface area contributed by atoms with Gasteiger partial charge in [0.2, 0.25) is 5.95 Å². The summed E-state index contributed by atoms with van der Waals surface area (Å²) in [7, 11) is 3.49. The number of methoxy groups -OCH3 is 1. The number of carbonyl (C=O) groups excluding carboxylic acids is 2. The Morgan fingerprint density at radius 1 is 1.00 bits per heavy atom. The normalized spacial score (nSPS) is 13.6. The lowest BCUT2D eigenvalue weighted by molar-refractivity contribution is 0.0378. The van der Waals surface area contributed by atoms with E-state index in [2.05, 4.69) is 25.8 Å². The smallest absolute Gasteiger partial charge is 0.342 e. The number of aromatic nitrogens is 3. The molecule has 1 aliphatic heterocycles. The third kappa shape index (κ3) is 7.47. The highest BCUT2D eigenvalue weighted by molar-refractivity contribution is 6.03. The number of ether oxygens (including phenoxy) is 3. The molecule has 12 nitrogen and oxygen atoms in total. The molecule has 1 atom stereocenters. The summed E-state index contributed by atoms with van der Waals surface area (Å²) in [5.74, 6) is -0.245. The number of fused-ring (bicyclic) bond motifs is 1. The van der Waals surface area contributed by atoms with Crippen LogP contribution >= 0.6 is 0 Å². The van der Waals surface area contributed by atoms with Crippen LogP contribution in [0.5, 0.6) is 5.75 Å². The Hall–Kier alpha value is -5.69. The average Bonchev–Trinajstić information content (AvgIpc) is 3.44. The van der Waals surface area contributed by atoms with Gasteiger partial charge in [0, 0.05) is 55.1 Å². The van der Waals surface area contributed by atoms with Gasteiger partial charge < -0.3 is 39.6 Å². The van der Waals surface area contributed by atoms with Crippen LogP contribution in [-0.4, -0.2) is 66.1 Å². The molecule has 3 heterocycles. The second kappa shape index (κ2) is 14.8. The molecule has 13 heteroatoms. The molecule has 2 aromatic heterocycles. The summed E-state index contributed by atoms with van der Waals surface area (Å²) in [5, 5.41) is 10.0. The van der Waals surface area contributed by atoms with Crippen molar-refractivity contribution >= 4 is 45.9 Å². The first kappa shape index (κ1) is 34.2. The fourth-order valence-electron chi connectivity index (χ4n) is 5.94. The number of anilines is 4. The average molecular weight is 682 g/mol. The minimum atomic E-state index is -0.535. The lowest BCUT2D eigenvalue weighted by atomic mass is 10.1. The van der Waals surface area contributed by atoms with Crippen molar-refractivity contribution in [3.63, 3.8) is 0 Å². The summed E-state index contributed by atoms with van der Waals surface area (Å²) < 4.78 is 32.8. The van der Waals surface area contributed by atoms with Crippen LogP contribution in [0.1, 0.15) is 42.7 Å². The Kier molecular flexibility index (Phi) is 10.1. The molecular weight excluding hydrogens is 641 g/mol. The van der Waals surface area contributed by atoms with Crippen LogP contribution in [0, 0.1) is 5.82 Å². The van der Waals surface area contributed by atoms with Crippen molar-refractivity contribution in [3.8, 4) is 17.0 Å². The highest BCUT2D eigenvalue weighted by Crippen LogP contribution is 2.39. The lowest BCUT2D eigenvalue weighted by Gasteiger charge is -2.31. The quantitative estimate of drug-likeness (QED) is 0.136. The number of para-hydroxylation sites is 1. The summed E-state index contributed by atoms with van der Waals surface area (Å²) in [6.07, 6.45) is 3.04. The van der Waals surface area contributed by atoms with Gasteiger partial charge in [-0.25, -0.2) is 23.9 Å². The maximum absolute atomic E-state index is 13.9. The van der Waals surface area contributed by atoms with Crippen LogP contribution < -0.4 is 25.6 Å². The van der Waals surface area contributed by atoms with E-state index in [1.54, 1.807) is 46.1 Å². The first-order valence-corrected chi connectivity index (χ1v) is 16.4. The van der Waals surface area contributed by atoms with Gasteiger partial charge in [0.15, 0.2) is 0 Å². The van der Waals surface area contributed by atoms with Crippen molar-refractivity contribution in [2.45, 2.75) is 32.9 Å². The van der Waals surface area contributed by atoms with Crippen LogP contribution in [0.4, 0.5) is 32.2 Å². The molecule has 3 aromatic carbocycles. The molecule has 50 heavy (non-hydrogen) atoms. The van der Waals surface area contributed by atoms with E-state index in [9.17, 15) is 14.0 Å². The van der Waals surface area contributed by atoms with Crippen LogP contribution in [0.15, 0.2) is 73.1 Å². The van der Waals surface area contributed by atoms with Gasteiger partial charge >= 0.3 is 12.0 Å². The Morgan fingerprint density at radius 2 is 1.78 bits per heavy atom. The summed E-state index contributed by atoms with van der Waals surface area (Å²) in [6.45, 7) is 7.63. The van der Waals surface area contributed by atoms with Gasteiger partial charge in [0.05, 0.1) is 55.2 Å². The molecule has 1 fully saturated rings. The molecule has 6 rings (SSSR count). The fraction of sp³-hybridized carbons (Fsp3) is 0.297. The van der Waals surface area contributed by atoms with E-state index < -0.39 is 18.0 Å². The van der Waals surface area contributed by atoms with E-state index in [0.29, 0.717) is 54.7 Å². The van der Waals surface area contributed by atoms with Gasteiger partial charge in [-0.3, -0.25) is 0 Å². The van der Waals surface area contributed by atoms with Gasteiger partial charge in [0.1, 0.15) is 17.1 Å². The second-order valence-corrected chi connectivity index (χ2v) is 12.2. The Bertz CT molecular complexity index is 2030. The molecule has 0 radical (unpaired) electrons. The molecule has 260 valence electrons. The zero-order valence-electron chi connectivity index (χ0n) is 28.6. The number of rotatable bonds is 10. The number of nitrogens with zero attached hydrogens (tertiary/aromatic N) is 4. The number of carbonyl (C=O) groups is 2. The van der Waals surface area contributed by atoms with Crippen LogP contribution in [-0.2, 0) is 16.5 Å². The predicted molar refractivity (Wildman–Crippen MR) is 191 cm³/mol. The Labute approximate surface area is 289 Å². The van der Waals surface area contributed by atoms with Gasteiger partial charge in [-0.2, -0.15) is 0 Å². The third-order valence-corrected chi connectivity index (χ3v) is 8.36. The molecular formula is C37H40FN7O5. The van der Waals surface area contributed by atoms with Crippen LogP contribution in [0.3, 0.4) is 0 Å². The number of aryl methyl sites for hydroxylation is 1. The summed E-state index contributed by atoms with van der Waals surface area (Å²) in [4.78, 5) is 38.0. The third-order valence-electron chi connectivity index (χ3n) is 8.36. The Balaban J connectivity index is 1.37. The number of urea groups is 1. The molecule has 5 aromatic rings. The maximum atomic E-state index is 13.9. The SMILES string of the molecule is COc1cc(N2CCOCC2)c(NC(=O)NC(C)c2cccc(F)c2)cc1Nc1ncc(C(=O)OC(C)C)c(-c2cn(C)c3ccccc23)n1. The minimum absolute atomic E-state index is 0.196. The topological polar surface area (TPSA) is 132 Å². The Morgan fingerprint density at radius 3 is 2.52 bits per heavy atom. The fourth-order valence-corrected chi connectivity index (χ4v) is 5.94. The summed E-state index contributed by atoms with van der Waals surface area (Å²) in [6, 6.07) is 16.6. The highest BCUT2D eigenvalue weighted by Gasteiger charge is 2.24. The molecule has 0 saturated carbocycles. The van der Waals surface area contributed by atoms with E-state index in [0.717, 1.165) is 22.2 Å². The summed E-state index contributed by atoms with van der Waals surface area (Å²) in [5.41, 5.74) is 4.66. The number of benzene rings is 3. The van der Waals surface area contributed by atoms with Crippen molar-refractivity contribution < 1.29 is 28.2 Å². The first-order chi connectivity index (χ1) is 24.1. The molecule has 1 unspecified atom stereocenters. The standard InChI is InChI=1S/C37H40FN7O5/c1-22(2)50-35(46)27-20-39-36(43-34(27)28-21-44(4)31-12-7-6-11-26(28)31)41-30-18-29(32(19-33(30)48-5)45-13-15-49-16-14-45)42-37(47)40-23(3)24-9-8-10-25(38)17-24/h6-12,17-23H,13-16H2,1-5H3,(H,39,41,43)(H2,40,42,47). The van der Waals surface area contributed by atoms with Gasteiger partial charge in [-0.05, 0) is 50.6 Å². The van der Waals surface area contributed by atoms with Crippen molar-refractivity contribution in [3.05, 3.63) is 90.0 Å². The van der Waals surface area contributed by atoms with Gasteiger partial charge in [-0.15, -0.1) is 0 Å². The van der Waals surface area contributed by atoms with E-state index >= 15 is 0 Å². The molecule has 3 N–H and O–H groups in total. The van der Waals surface area contributed by atoms with Crippen molar-refractivity contribution in [1.29, 1.82) is 0 Å². The van der Waals surface area contributed by atoms with Crippen LogP contribution in [0.25, 0.3) is 22.2 Å². The molecule has 1 aliphatic rings. The first-order valence-electron chi connectivity index (χ1n) is 16.4. The number of nitrogens with one attached hydrogen (secondary N) is 3. The number of hydrogen-bond acceptors (Lipinski definition) is 9. The molecule has 0 aliphatic carbocycles. The maximum Gasteiger partial charge on any atom is 0.342 e. The number of halogens is 1. The number of esters is 1. The van der Waals surface area contributed by atoms with E-state index in [1.807, 2.05) is 48.1 Å².